The molecule has 1 fully saturated rings. The molecule has 1 aliphatic carbocycles. The summed E-state index contributed by atoms with van der Waals surface area (Å²) in [6, 6.07) is 18.5. The van der Waals surface area contributed by atoms with Gasteiger partial charge in [-0.25, -0.2) is 9.07 Å². The van der Waals surface area contributed by atoms with Crippen molar-refractivity contribution in [3.63, 3.8) is 0 Å². The minimum atomic E-state index is -0.314. The number of nitrogens with zero attached hydrogens (tertiary/aromatic N) is 3. The molecular weight excluding hydrogens is 507 g/mol. The molecule has 0 spiro atoms. The van der Waals surface area contributed by atoms with Crippen LogP contribution >= 0.6 is 23.1 Å². The van der Waals surface area contributed by atoms with Gasteiger partial charge in [0.05, 0.1) is 21.6 Å². The van der Waals surface area contributed by atoms with Crippen LogP contribution in [0.2, 0.25) is 0 Å². The maximum Gasteiger partial charge on any atom is 0.240 e. The van der Waals surface area contributed by atoms with E-state index in [2.05, 4.69) is 5.32 Å². The van der Waals surface area contributed by atoms with Gasteiger partial charge in [-0.15, -0.1) is 23.1 Å². The SMILES string of the molecule is Cc1ccccc1-n1nc(-c2cccs2)c2c1N(CC(=O)NC1CC1)C(=O)CS[C@@H]2c1ccc(F)cc1. The van der Waals surface area contributed by atoms with Crippen LogP contribution in [-0.4, -0.2) is 39.9 Å². The molecule has 188 valence electrons. The lowest BCUT2D eigenvalue weighted by Gasteiger charge is -2.23. The molecule has 9 heteroatoms. The second-order valence-corrected chi connectivity index (χ2v) is 11.4. The van der Waals surface area contributed by atoms with Crippen molar-refractivity contribution < 1.29 is 14.0 Å². The average Bonchev–Trinajstić information content (AvgIpc) is 3.41. The van der Waals surface area contributed by atoms with E-state index in [0.29, 0.717) is 5.82 Å². The number of amides is 2. The van der Waals surface area contributed by atoms with Gasteiger partial charge in [-0.1, -0.05) is 36.4 Å². The van der Waals surface area contributed by atoms with Crippen LogP contribution in [0, 0.1) is 12.7 Å². The van der Waals surface area contributed by atoms with Gasteiger partial charge in [-0.05, 0) is 60.5 Å². The third kappa shape index (κ3) is 4.69. The summed E-state index contributed by atoms with van der Waals surface area (Å²) in [4.78, 5) is 29.2. The number of thiophene rings is 1. The largest absolute Gasteiger partial charge is 0.352 e. The Kier molecular flexibility index (Phi) is 6.34. The molecule has 1 aliphatic heterocycles. The van der Waals surface area contributed by atoms with Crippen LogP contribution in [0.5, 0.6) is 0 Å². The van der Waals surface area contributed by atoms with Gasteiger partial charge in [-0.2, -0.15) is 5.10 Å². The normalized spacial score (nSPS) is 17.4. The number of aryl methyl sites for hydroxylation is 1. The van der Waals surface area contributed by atoms with Crippen molar-refractivity contribution in [2.24, 2.45) is 0 Å². The van der Waals surface area contributed by atoms with E-state index in [4.69, 9.17) is 5.10 Å². The Morgan fingerprint density at radius 3 is 2.59 bits per heavy atom. The van der Waals surface area contributed by atoms with Gasteiger partial charge >= 0.3 is 0 Å². The number of fused-ring (bicyclic) bond motifs is 1. The lowest BCUT2D eigenvalue weighted by atomic mass is 10.0. The molecular formula is C28H25FN4O2S2. The highest BCUT2D eigenvalue weighted by Crippen LogP contribution is 2.49. The molecule has 2 amide bonds. The smallest absolute Gasteiger partial charge is 0.240 e. The summed E-state index contributed by atoms with van der Waals surface area (Å²) < 4.78 is 15.7. The van der Waals surface area contributed by atoms with Crippen molar-refractivity contribution in [1.82, 2.24) is 15.1 Å². The second-order valence-electron chi connectivity index (χ2n) is 9.33. The molecule has 1 N–H and O–H groups in total. The van der Waals surface area contributed by atoms with Crippen molar-refractivity contribution >= 4 is 40.7 Å². The number of carbonyl (C=O) groups excluding carboxylic acids is 2. The van der Waals surface area contributed by atoms with Crippen LogP contribution < -0.4 is 10.2 Å². The van der Waals surface area contributed by atoms with Crippen LogP contribution in [0.1, 0.15) is 34.8 Å². The zero-order valence-corrected chi connectivity index (χ0v) is 21.8. The zero-order valence-electron chi connectivity index (χ0n) is 20.2. The minimum Gasteiger partial charge on any atom is -0.352 e. The number of halogens is 1. The first kappa shape index (κ1) is 23.9. The highest BCUT2D eigenvalue weighted by molar-refractivity contribution is 8.00. The first-order valence-corrected chi connectivity index (χ1v) is 14.1. The number of hydrogen-bond donors (Lipinski definition) is 1. The Hall–Kier alpha value is -3.43. The Balaban J connectivity index is 1.60. The topological polar surface area (TPSA) is 67.2 Å². The number of carbonyl (C=O) groups is 2. The number of nitrogens with one attached hydrogen (secondary N) is 1. The van der Waals surface area contributed by atoms with Crippen molar-refractivity contribution in [1.29, 1.82) is 0 Å². The molecule has 1 atom stereocenters. The average molecular weight is 533 g/mol. The summed E-state index contributed by atoms with van der Waals surface area (Å²) in [5, 5.41) is 9.82. The summed E-state index contributed by atoms with van der Waals surface area (Å²) in [6.45, 7) is 1.92. The highest BCUT2D eigenvalue weighted by atomic mass is 32.2. The van der Waals surface area contributed by atoms with Crippen LogP contribution in [0.15, 0.2) is 66.0 Å². The first-order valence-electron chi connectivity index (χ1n) is 12.2. The van der Waals surface area contributed by atoms with Gasteiger partial charge in [0, 0.05) is 11.6 Å². The molecule has 6 rings (SSSR count). The van der Waals surface area contributed by atoms with Crippen molar-refractivity contribution in [2.75, 3.05) is 17.2 Å². The van der Waals surface area contributed by atoms with Gasteiger partial charge in [0.2, 0.25) is 11.8 Å². The number of anilines is 1. The lowest BCUT2D eigenvalue weighted by molar-refractivity contribution is -0.123. The van der Waals surface area contributed by atoms with Crippen molar-refractivity contribution in [3.8, 4) is 16.3 Å². The number of para-hydroxylation sites is 1. The number of hydrogen-bond acceptors (Lipinski definition) is 5. The molecule has 0 radical (unpaired) electrons. The molecule has 3 heterocycles. The van der Waals surface area contributed by atoms with Crippen LogP contribution in [0.4, 0.5) is 10.2 Å². The Bertz CT molecular complexity index is 1460. The summed E-state index contributed by atoms with van der Waals surface area (Å²) >= 11 is 3.05. The number of benzene rings is 2. The molecule has 0 unspecified atom stereocenters. The van der Waals surface area contributed by atoms with Crippen LogP contribution in [-0.2, 0) is 9.59 Å². The van der Waals surface area contributed by atoms with E-state index in [1.807, 2.05) is 53.4 Å². The first-order chi connectivity index (χ1) is 18.0. The molecule has 0 bridgehead atoms. The summed E-state index contributed by atoms with van der Waals surface area (Å²) in [5.74, 6) is 0.126. The molecule has 1 saturated carbocycles. The number of rotatable bonds is 6. The quantitative estimate of drug-likeness (QED) is 0.356. The zero-order chi connectivity index (χ0) is 25.5. The van der Waals surface area contributed by atoms with Gasteiger partial charge in [0.15, 0.2) is 0 Å². The third-order valence-electron chi connectivity index (χ3n) is 6.60. The fourth-order valence-corrected chi connectivity index (χ4v) is 6.55. The number of thioether (sulfide) groups is 1. The van der Waals surface area contributed by atoms with Gasteiger partial charge in [0.1, 0.15) is 23.9 Å². The molecule has 37 heavy (non-hydrogen) atoms. The lowest BCUT2D eigenvalue weighted by Crippen LogP contribution is -2.43. The molecule has 2 aromatic carbocycles. The van der Waals surface area contributed by atoms with E-state index >= 15 is 0 Å². The molecule has 6 nitrogen and oxygen atoms in total. The third-order valence-corrected chi connectivity index (χ3v) is 8.74. The summed E-state index contributed by atoms with van der Waals surface area (Å²) in [5.41, 5.74) is 4.33. The van der Waals surface area contributed by atoms with Crippen molar-refractivity contribution in [3.05, 3.63) is 88.6 Å². The molecule has 2 aliphatic rings. The highest BCUT2D eigenvalue weighted by Gasteiger charge is 2.38. The Labute approximate surface area is 222 Å². The van der Waals surface area contributed by atoms with Gasteiger partial charge in [-0.3, -0.25) is 14.5 Å². The van der Waals surface area contributed by atoms with E-state index in [0.717, 1.165) is 45.8 Å². The maximum atomic E-state index is 13.9. The van der Waals surface area contributed by atoms with Crippen molar-refractivity contribution in [2.45, 2.75) is 31.1 Å². The molecule has 2 aromatic heterocycles. The Morgan fingerprint density at radius 1 is 1.11 bits per heavy atom. The minimum absolute atomic E-state index is 0.0829. The van der Waals surface area contributed by atoms with E-state index in [1.165, 1.54) is 23.9 Å². The van der Waals surface area contributed by atoms with Gasteiger partial charge in [0.25, 0.3) is 0 Å². The van der Waals surface area contributed by atoms with E-state index in [-0.39, 0.29) is 41.2 Å². The Morgan fingerprint density at radius 2 is 1.89 bits per heavy atom. The molecule has 4 aromatic rings. The summed E-state index contributed by atoms with van der Waals surface area (Å²) in [7, 11) is 0. The van der Waals surface area contributed by atoms with E-state index in [9.17, 15) is 14.0 Å². The van der Waals surface area contributed by atoms with Crippen LogP contribution in [0.3, 0.4) is 0 Å². The maximum absolute atomic E-state index is 13.9. The fourth-order valence-electron chi connectivity index (χ4n) is 4.63. The monoisotopic (exact) mass is 532 g/mol. The second kappa shape index (κ2) is 9.79. The van der Waals surface area contributed by atoms with Gasteiger partial charge < -0.3 is 5.32 Å². The summed E-state index contributed by atoms with van der Waals surface area (Å²) in [6.07, 6.45) is 1.94. The predicted octanol–water partition coefficient (Wildman–Crippen LogP) is 5.50. The standard InChI is InChI=1S/C28H25FN4O2S2/c1-17-5-2-3-6-21(17)33-28-25(26(31-33)22-7-4-14-36-22)27(18-8-10-19(29)11-9-18)37-16-24(35)32(28)15-23(34)30-20-12-13-20/h2-11,14,20,27H,12-13,15-16H2,1H3,(H,30,34)/t27-/m1/s1. The van der Waals surface area contributed by atoms with Crippen LogP contribution in [0.25, 0.3) is 16.3 Å². The fraction of sp³-hybridized carbons (Fsp3) is 0.250. The molecule has 0 saturated heterocycles. The van der Waals surface area contributed by atoms with E-state index < -0.39 is 0 Å². The van der Waals surface area contributed by atoms with E-state index in [1.54, 1.807) is 28.4 Å². The predicted molar refractivity (Wildman–Crippen MR) is 146 cm³/mol. The number of aromatic nitrogens is 2.